The second kappa shape index (κ2) is 3.89. The SMILES string of the molecule is CC(N)c1ncc(-c2cc3c(O)cccc3[nH]2)[nH]1. The fourth-order valence-corrected chi connectivity index (χ4v) is 1.99. The summed E-state index contributed by atoms with van der Waals surface area (Å²) in [6.45, 7) is 1.87. The van der Waals surface area contributed by atoms with Crippen molar-refractivity contribution < 1.29 is 5.11 Å². The van der Waals surface area contributed by atoms with Gasteiger partial charge in [-0.05, 0) is 25.1 Å². The van der Waals surface area contributed by atoms with Crippen molar-refractivity contribution in [1.82, 2.24) is 15.0 Å². The topological polar surface area (TPSA) is 90.7 Å². The Morgan fingerprint density at radius 2 is 2.11 bits per heavy atom. The number of imidazole rings is 1. The summed E-state index contributed by atoms with van der Waals surface area (Å²) in [7, 11) is 0. The van der Waals surface area contributed by atoms with Crippen molar-refractivity contribution in [2.45, 2.75) is 13.0 Å². The first-order chi connectivity index (χ1) is 8.65. The van der Waals surface area contributed by atoms with Gasteiger partial charge < -0.3 is 20.8 Å². The fraction of sp³-hybridized carbons (Fsp3) is 0.154. The third-order valence-electron chi connectivity index (χ3n) is 2.96. The zero-order valence-electron chi connectivity index (χ0n) is 9.94. The molecule has 92 valence electrons. The number of fused-ring (bicyclic) bond motifs is 1. The van der Waals surface area contributed by atoms with Gasteiger partial charge in [0.2, 0.25) is 0 Å². The van der Waals surface area contributed by atoms with Crippen molar-refractivity contribution in [2.75, 3.05) is 0 Å². The standard InChI is InChI=1S/C13H14N4O/c1-7(14)13-15-6-11(17-13)10-5-8-9(16-10)3-2-4-12(8)18/h2-7,16,18H,14H2,1H3,(H,15,17). The molecular weight excluding hydrogens is 228 g/mol. The maximum absolute atomic E-state index is 9.76. The van der Waals surface area contributed by atoms with E-state index in [1.54, 1.807) is 18.3 Å². The van der Waals surface area contributed by atoms with Crippen LogP contribution in [-0.4, -0.2) is 20.1 Å². The van der Waals surface area contributed by atoms with Crippen molar-refractivity contribution in [3.63, 3.8) is 0 Å². The molecule has 5 heteroatoms. The Balaban J connectivity index is 2.10. The number of H-pyrrole nitrogens is 2. The smallest absolute Gasteiger partial charge is 0.124 e. The lowest BCUT2D eigenvalue weighted by Gasteiger charge is -1.98. The van der Waals surface area contributed by atoms with Crippen LogP contribution in [0.2, 0.25) is 0 Å². The highest BCUT2D eigenvalue weighted by atomic mass is 16.3. The highest BCUT2D eigenvalue weighted by Gasteiger charge is 2.10. The van der Waals surface area contributed by atoms with Gasteiger partial charge in [0.05, 0.1) is 23.6 Å². The molecule has 2 aromatic heterocycles. The summed E-state index contributed by atoms with van der Waals surface area (Å²) in [5, 5.41) is 10.6. The van der Waals surface area contributed by atoms with Gasteiger partial charge in [0.1, 0.15) is 11.6 Å². The van der Waals surface area contributed by atoms with Crippen LogP contribution in [0, 0.1) is 0 Å². The first-order valence-corrected chi connectivity index (χ1v) is 5.76. The fourth-order valence-electron chi connectivity index (χ4n) is 1.99. The van der Waals surface area contributed by atoms with Crippen LogP contribution in [0.4, 0.5) is 0 Å². The Bertz CT molecular complexity index is 696. The lowest BCUT2D eigenvalue weighted by atomic mass is 10.2. The number of aromatic hydroxyl groups is 1. The van der Waals surface area contributed by atoms with Crippen molar-refractivity contribution >= 4 is 10.9 Å². The molecule has 5 N–H and O–H groups in total. The van der Waals surface area contributed by atoms with Crippen LogP contribution in [0.25, 0.3) is 22.3 Å². The van der Waals surface area contributed by atoms with Gasteiger partial charge in [0, 0.05) is 10.9 Å². The predicted molar refractivity (Wildman–Crippen MR) is 70.1 cm³/mol. The van der Waals surface area contributed by atoms with Crippen LogP contribution in [-0.2, 0) is 0 Å². The monoisotopic (exact) mass is 242 g/mol. The number of aromatic amines is 2. The van der Waals surface area contributed by atoms with Gasteiger partial charge in [-0.3, -0.25) is 0 Å². The lowest BCUT2D eigenvalue weighted by Crippen LogP contribution is -2.06. The van der Waals surface area contributed by atoms with Gasteiger partial charge in [0.15, 0.2) is 0 Å². The van der Waals surface area contributed by atoms with E-state index in [9.17, 15) is 5.11 Å². The number of nitrogens with two attached hydrogens (primary N) is 1. The molecule has 0 fully saturated rings. The normalized spacial score (nSPS) is 13.0. The van der Waals surface area contributed by atoms with Gasteiger partial charge in [-0.25, -0.2) is 4.98 Å². The summed E-state index contributed by atoms with van der Waals surface area (Å²) in [6, 6.07) is 7.15. The quantitative estimate of drug-likeness (QED) is 0.555. The predicted octanol–water partition coefficient (Wildman–Crippen LogP) is 2.28. The van der Waals surface area contributed by atoms with E-state index in [2.05, 4.69) is 15.0 Å². The Labute approximate surface area is 104 Å². The molecule has 0 amide bonds. The molecule has 0 saturated carbocycles. The Morgan fingerprint density at radius 1 is 1.28 bits per heavy atom. The van der Waals surface area contributed by atoms with Crippen LogP contribution >= 0.6 is 0 Å². The molecule has 1 aromatic carbocycles. The summed E-state index contributed by atoms with van der Waals surface area (Å²) in [5.74, 6) is 1.01. The number of hydrogen-bond acceptors (Lipinski definition) is 3. The molecular formula is C13H14N4O. The van der Waals surface area contributed by atoms with Crippen LogP contribution in [0.3, 0.4) is 0 Å². The second-order valence-corrected chi connectivity index (χ2v) is 4.39. The third kappa shape index (κ3) is 1.65. The van der Waals surface area contributed by atoms with Gasteiger partial charge >= 0.3 is 0 Å². The number of hydrogen-bond donors (Lipinski definition) is 4. The molecule has 0 aliphatic rings. The zero-order chi connectivity index (χ0) is 12.7. The number of nitrogens with one attached hydrogen (secondary N) is 2. The minimum Gasteiger partial charge on any atom is -0.507 e. The van der Waals surface area contributed by atoms with E-state index in [-0.39, 0.29) is 11.8 Å². The summed E-state index contributed by atoms with van der Waals surface area (Å²) in [5.41, 5.74) is 8.39. The number of rotatable bonds is 2. The first kappa shape index (κ1) is 10.9. The number of benzene rings is 1. The Kier molecular flexibility index (Phi) is 2.34. The van der Waals surface area contributed by atoms with Crippen LogP contribution < -0.4 is 5.73 Å². The lowest BCUT2D eigenvalue weighted by molar-refractivity contribution is 0.482. The number of phenolic OH excluding ortho intramolecular Hbond substituents is 1. The van der Waals surface area contributed by atoms with Crippen molar-refractivity contribution in [2.24, 2.45) is 5.73 Å². The third-order valence-corrected chi connectivity index (χ3v) is 2.96. The zero-order valence-corrected chi connectivity index (χ0v) is 9.94. The van der Waals surface area contributed by atoms with Gasteiger partial charge in [-0.1, -0.05) is 6.07 Å². The summed E-state index contributed by atoms with van der Waals surface area (Å²) in [4.78, 5) is 10.6. The molecule has 0 saturated heterocycles. The minimum absolute atomic E-state index is 0.128. The second-order valence-electron chi connectivity index (χ2n) is 4.39. The van der Waals surface area contributed by atoms with E-state index >= 15 is 0 Å². The van der Waals surface area contributed by atoms with E-state index in [0.717, 1.165) is 28.1 Å². The molecule has 1 unspecified atom stereocenters. The largest absolute Gasteiger partial charge is 0.507 e. The highest BCUT2D eigenvalue weighted by molar-refractivity contribution is 5.90. The Morgan fingerprint density at radius 3 is 2.78 bits per heavy atom. The summed E-state index contributed by atoms with van der Waals surface area (Å²) < 4.78 is 0. The molecule has 0 bridgehead atoms. The van der Waals surface area contributed by atoms with E-state index in [1.807, 2.05) is 19.1 Å². The van der Waals surface area contributed by atoms with E-state index in [1.165, 1.54) is 0 Å². The average Bonchev–Trinajstić information content (AvgIpc) is 2.95. The molecule has 1 atom stereocenters. The number of aromatic nitrogens is 3. The molecule has 0 radical (unpaired) electrons. The van der Waals surface area contributed by atoms with E-state index in [0.29, 0.717) is 0 Å². The van der Waals surface area contributed by atoms with Crippen LogP contribution in [0.1, 0.15) is 18.8 Å². The molecule has 0 spiro atoms. The van der Waals surface area contributed by atoms with Gasteiger partial charge in [-0.2, -0.15) is 0 Å². The first-order valence-electron chi connectivity index (χ1n) is 5.76. The maximum atomic E-state index is 9.76. The van der Waals surface area contributed by atoms with Crippen molar-refractivity contribution in [3.8, 4) is 17.1 Å². The number of phenols is 1. The average molecular weight is 242 g/mol. The summed E-state index contributed by atoms with van der Waals surface area (Å²) in [6.07, 6.45) is 1.74. The molecule has 3 rings (SSSR count). The van der Waals surface area contributed by atoms with Gasteiger partial charge in [0.25, 0.3) is 0 Å². The molecule has 18 heavy (non-hydrogen) atoms. The van der Waals surface area contributed by atoms with E-state index in [4.69, 9.17) is 5.73 Å². The number of nitrogens with zero attached hydrogens (tertiary/aromatic N) is 1. The maximum Gasteiger partial charge on any atom is 0.124 e. The molecule has 5 nitrogen and oxygen atoms in total. The molecule has 0 aliphatic carbocycles. The van der Waals surface area contributed by atoms with Crippen molar-refractivity contribution in [3.05, 3.63) is 36.3 Å². The minimum atomic E-state index is -0.128. The summed E-state index contributed by atoms with van der Waals surface area (Å²) >= 11 is 0. The molecule has 0 aliphatic heterocycles. The highest BCUT2D eigenvalue weighted by Crippen LogP contribution is 2.29. The van der Waals surface area contributed by atoms with Crippen LogP contribution in [0.15, 0.2) is 30.5 Å². The van der Waals surface area contributed by atoms with Gasteiger partial charge in [-0.15, -0.1) is 0 Å². The van der Waals surface area contributed by atoms with Crippen LogP contribution in [0.5, 0.6) is 5.75 Å². The molecule has 3 aromatic rings. The van der Waals surface area contributed by atoms with Crippen molar-refractivity contribution in [1.29, 1.82) is 0 Å². The van der Waals surface area contributed by atoms with E-state index < -0.39 is 0 Å². The molecule has 2 heterocycles. The Hall–Kier alpha value is -2.27.